The Morgan fingerprint density at radius 2 is 1.55 bits per heavy atom. The van der Waals surface area contributed by atoms with Crippen LogP contribution >= 0.6 is 0 Å². The number of carbonyl (C=O) groups is 1. The first kappa shape index (κ1) is 23.1. The number of ether oxygens (including phenoxy) is 1. The minimum Gasteiger partial charge on any atom is -0.489 e. The van der Waals surface area contributed by atoms with Crippen LogP contribution in [0.25, 0.3) is 0 Å². The lowest BCUT2D eigenvalue weighted by atomic mass is 9.87. The highest BCUT2D eigenvalue weighted by Gasteiger charge is 2.21. The number of benzene rings is 3. The second-order valence-corrected chi connectivity index (χ2v) is 9.05. The molecule has 0 aromatic heterocycles. The van der Waals surface area contributed by atoms with Crippen LogP contribution in [0.5, 0.6) is 5.75 Å². The summed E-state index contributed by atoms with van der Waals surface area (Å²) >= 11 is 0. The molecule has 0 spiro atoms. The number of rotatable bonds is 9. The fraction of sp³-hybridized carbons (Fsp3) is 0.345. The van der Waals surface area contributed by atoms with Gasteiger partial charge in [-0.3, -0.25) is 9.69 Å². The Balaban J connectivity index is 1.22. The highest BCUT2D eigenvalue weighted by Crippen LogP contribution is 2.30. The molecule has 1 aliphatic rings. The third-order valence-electron chi connectivity index (χ3n) is 6.60. The van der Waals surface area contributed by atoms with Gasteiger partial charge in [-0.15, -0.1) is 0 Å². The van der Waals surface area contributed by atoms with Crippen molar-refractivity contribution in [2.45, 2.75) is 51.7 Å². The molecule has 0 atom stereocenters. The van der Waals surface area contributed by atoms with E-state index in [0.29, 0.717) is 18.9 Å². The van der Waals surface area contributed by atoms with Gasteiger partial charge in [-0.05, 0) is 85.1 Å². The molecule has 1 aliphatic heterocycles. The van der Waals surface area contributed by atoms with Crippen LogP contribution < -0.4 is 4.74 Å². The first-order chi connectivity index (χ1) is 16.1. The minimum atomic E-state index is -0.773. The van der Waals surface area contributed by atoms with Gasteiger partial charge in [-0.2, -0.15) is 0 Å². The van der Waals surface area contributed by atoms with Crippen molar-refractivity contribution >= 4 is 5.97 Å². The summed E-state index contributed by atoms with van der Waals surface area (Å²) < 4.78 is 5.90. The number of likely N-dealkylation sites (tertiary alicyclic amines) is 1. The number of hydrogen-bond acceptors (Lipinski definition) is 3. The first-order valence-corrected chi connectivity index (χ1v) is 11.9. The third-order valence-corrected chi connectivity index (χ3v) is 6.60. The van der Waals surface area contributed by atoms with Gasteiger partial charge in [0.1, 0.15) is 12.4 Å². The Morgan fingerprint density at radius 3 is 2.21 bits per heavy atom. The maximum Gasteiger partial charge on any atom is 0.303 e. The molecule has 4 heteroatoms. The molecular formula is C29H33NO3. The van der Waals surface area contributed by atoms with E-state index in [4.69, 9.17) is 9.84 Å². The average Bonchev–Trinajstić information content (AvgIpc) is 2.84. The van der Waals surface area contributed by atoms with Crippen molar-refractivity contribution in [3.05, 3.63) is 101 Å². The van der Waals surface area contributed by atoms with Gasteiger partial charge >= 0.3 is 5.97 Å². The van der Waals surface area contributed by atoms with Crippen LogP contribution in [0, 0.1) is 6.92 Å². The van der Waals surface area contributed by atoms with Crippen molar-refractivity contribution in [1.29, 1.82) is 0 Å². The lowest BCUT2D eigenvalue weighted by Gasteiger charge is -2.32. The second-order valence-electron chi connectivity index (χ2n) is 9.05. The summed E-state index contributed by atoms with van der Waals surface area (Å²) in [5.74, 6) is 0.716. The van der Waals surface area contributed by atoms with E-state index in [-0.39, 0.29) is 6.42 Å². The molecule has 0 aliphatic carbocycles. The molecule has 1 N–H and O–H groups in total. The molecule has 4 nitrogen and oxygen atoms in total. The summed E-state index contributed by atoms with van der Waals surface area (Å²) in [5.41, 5.74) is 6.44. The zero-order chi connectivity index (χ0) is 23.0. The quantitative estimate of drug-likeness (QED) is 0.443. The monoisotopic (exact) mass is 443 g/mol. The normalized spacial score (nSPS) is 14.8. The molecule has 1 saturated heterocycles. The topological polar surface area (TPSA) is 49.8 Å². The number of hydrogen-bond donors (Lipinski definition) is 1. The summed E-state index contributed by atoms with van der Waals surface area (Å²) in [7, 11) is 0. The number of carboxylic acid groups (broad SMARTS) is 1. The SMILES string of the molecule is Cc1ccccc1C1CCN(Cc2ccc(COc3ccc(CCC(=O)O)cc3)cc2)CC1. The van der Waals surface area contributed by atoms with Crippen molar-refractivity contribution in [2.24, 2.45) is 0 Å². The highest BCUT2D eigenvalue weighted by molar-refractivity contribution is 5.67. The summed E-state index contributed by atoms with van der Waals surface area (Å²) in [4.78, 5) is 13.2. The maximum atomic E-state index is 10.7. The molecule has 3 aromatic rings. The standard InChI is InChI=1S/C29H33NO3/c1-22-4-2-3-5-28(22)26-16-18-30(19-17-26)20-24-6-8-25(9-7-24)21-33-27-13-10-23(11-14-27)12-15-29(31)32/h2-11,13-14,26H,12,15-21H2,1H3,(H,31,32). The number of carboxylic acids is 1. The molecule has 172 valence electrons. The molecule has 4 rings (SSSR count). The highest BCUT2D eigenvalue weighted by atomic mass is 16.5. The molecule has 1 fully saturated rings. The predicted octanol–water partition coefficient (Wildman–Crippen LogP) is 5.97. The Labute approximate surface area is 196 Å². The van der Waals surface area contributed by atoms with E-state index in [1.165, 1.54) is 29.5 Å². The summed E-state index contributed by atoms with van der Waals surface area (Å²) in [6.45, 7) is 6.04. The Kier molecular flexibility index (Phi) is 7.79. The van der Waals surface area contributed by atoms with Crippen LogP contribution in [-0.2, 0) is 24.4 Å². The number of aryl methyl sites for hydroxylation is 2. The average molecular weight is 444 g/mol. The Morgan fingerprint density at radius 1 is 0.909 bits per heavy atom. The fourth-order valence-electron chi connectivity index (χ4n) is 4.62. The Hall–Kier alpha value is -3.11. The van der Waals surface area contributed by atoms with Crippen LogP contribution in [0.2, 0.25) is 0 Å². The van der Waals surface area contributed by atoms with E-state index in [1.54, 1.807) is 0 Å². The molecule has 1 heterocycles. The molecular weight excluding hydrogens is 410 g/mol. The molecule has 0 unspecified atom stereocenters. The lowest BCUT2D eigenvalue weighted by Crippen LogP contribution is -2.32. The van der Waals surface area contributed by atoms with Crippen LogP contribution in [0.1, 0.15) is 53.0 Å². The van der Waals surface area contributed by atoms with Gasteiger partial charge in [-0.1, -0.05) is 60.7 Å². The van der Waals surface area contributed by atoms with Gasteiger partial charge in [0.2, 0.25) is 0 Å². The van der Waals surface area contributed by atoms with Crippen molar-refractivity contribution < 1.29 is 14.6 Å². The van der Waals surface area contributed by atoms with Gasteiger partial charge in [0.05, 0.1) is 0 Å². The van der Waals surface area contributed by atoms with E-state index >= 15 is 0 Å². The van der Waals surface area contributed by atoms with Gasteiger partial charge in [0.25, 0.3) is 0 Å². The lowest BCUT2D eigenvalue weighted by molar-refractivity contribution is -0.136. The van der Waals surface area contributed by atoms with Gasteiger partial charge in [0, 0.05) is 13.0 Å². The largest absolute Gasteiger partial charge is 0.489 e. The van der Waals surface area contributed by atoms with Crippen LogP contribution in [0.4, 0.5) is 0 Å². The maximum absolute atomic E-state index is 10.7. The summed E-state index contributed by atoms with van der Waals surface area (Å²) in [6.07, 6.45) is 3.15. The van der Waals surface area contributed by atoms with Crippen molar-refractivity contribution in [3.8, 4) is 5.75 Å². The van der Waals surface area contributed by atoms with Crippen molar-refractivity contribution in [3.63, 3.8) is 0 Å². The minimum absolute atomic E-state index is 0.150. The van der Waals surface area contributed by atoms with Crippen LogP contribution in [-0.4, -0.2) is 29.1 Å². The molecule has 33 heavy (non-hydrogen) atoms. The van der Waals surface area contributed by atoms with E-state index < -0.39 is 5.97 Å². The van der Waals surface area contributed by atoms with Crippen LogP contribution in [0.3, 0.4) is 0 Å². The molecule has 0 saturated carbocycles. The van der Waals surface area contributed by atoms with Crippen molar-refractivity contribution in [2.75, 3.05) is 13.1 Å². The number of nitrogens with zero attached hydrogens (tertiary/aromatic N) is 1. The number of aliphatic carboxylic acids is 1. The van der Waals surface area contributed by atoms with E-state index in [9.17, 15) is 4.79 Å². The molecule has 0 radical (unpaired) electrons. The van der Waals surface area contributed by atoms with Gasteiger partial charge in [-0.25, -0.2) is 0 Å². The third kappa shape index (κ3) is 6.69. The molecule has 0 bridgehead atoms. The smallest absolute Gasteiger partial charge is 0.303 e. The Bertz CT molecular complexity index is 1040. The first-order valence-electron chi connectivity index (χ1n) is 11.9. The van der Waals surface area contributed by atoms with E-state index in [1.807, 2.05) is 24.3 Å². The predicted molar refractivity (Wildman–Crippen MR) is 132 cm³/mol. The van der Waals surface area contributed by atoms with Crippen LogP contribution in [0.15, 0.2) is 72.8 Å². The zero-order valence-electron chi connectivity index (χ0n) is 19.4. The summed E-state index contributed by atoms with van der Waals surface area (Å²) in [6, 6.07) is 25.2. The van der Waals surface area contributed by atoms with E-state index in [2.05, 4.69) is 60.4 Å². The van der Waals surface area contributed by atoms with Crippen molar-refractivity contribution in [1.82, 2.24) is 4.90 Å². The zero-order valence-corrected chi connectivity index (χ0v) is 19.4. The second kappa shape index (κ2) is 11.2. The number of piperidine rings is 1. The molecule has 0 amide bonds. The fourth-order valence-corrected chi connectivity index (χ4v) is 4.62. The molecule has 3 aromatic carbocycles. The van der Waals surface area contributed by atoms with Gasteiger partial charge < -0.3 is 9.84 Å². The van der Waals surface area contributed by atoms with Gasteiger partial charge in [0.15, 0.2) is 0 Å². The van der Waals surface area contributed by atoms with E-state index in [0.717, 1.165) is 36.5 Å². The summed E-state index contributed by atoms with van der Waals surface area (Å²) in [5, 5.41) is 8.79.